The van der Waals surface area contributed by atoms with Crippen LogP contribution in [-0.4, -0.2) is 33.4 Å². The summed E-state index contributed by atoms with van der Waals surface area (Å²) in [6, 6.07) is 0. The summed E-state index contributed by atoms with van der Waals surface area (Å²) < 4.78 is 13.9. The average Bonchev–Trinajstić information content (AvgIpc) is 2.03. The highest BCUT2D eigenvalue weighted by Gasteiger charge is 2.12. The van der Waals surface area contributed by atoms with Crippen LogP contribution in [0.25, 0.3) is 0 Å². The van der Waals surface area contributed by atoms with Crippen LogP contribution in [-0.2, 0) is 19.0 Å². The van der Waals surface area contributed by atoms with E-state index in [-0.39, 0.29) is 5.78 Å². The zero-order valence-corrected chi connectivity index (χ0v) is 6.87. The number of methoxy groups -OCH3 is 3. The summed E-state index contributed by atoms with van der Waals surface area (Å²) in [5.74, 6) is -0.281. The Labute approximate surface area is 65.7 Å². The van der Waals surface area contributed by atoms with Gasteiger partial charge in [0, 0.05) is 20.3 Å². The van der Waals surface area contributed by atoms with Crippen molar-refractivity contribution in [3.05, 3.63) is 12.3 Å². The first-order valence-electron chi connectivity index (χ1n) is 3.05. The van der Waals surface area contributed by atoms with Crippen molar-refractivity contribution in [3.63, 3.8) is 0 Å². The van der Waals surface area contributed by atoms with Gasteiger partial charge in [0.25, 0.3) is 0 Å². The van der Waals surface area contributed by atoms with Crippen molar-refractivity contribution in [2.45, 2.75) is 6.29 Å². The lowest BCUT2D eigenvalue weighted by atomic mass is 10.4. The Bertz CT molecular complexity index is 137. The number of ketones is 1. The fourth-order valence-corrected chi connectivity index (χ4v) is 0.542. The molecule has 0 N–H and O–H groups in total. The van der Waals surface area contributed by atoms with Crippen molar-refractivity contribution in [2.24, 2.45) is 0 Å². The van der Waals surface area contributed by atoms with E-state index in [9.17, 15) is 4.79 Å². The van der Waals surface area contributed by atoms with Gasteiger partial charge in [0.2, 0.25) is 12.1 Å². The molecule has 0 saturated heterocycles. The van der Waals surface area contributed by atoms with Crippen LogP contribution < -0.4 is 0 Å². The topological polar surface area (TPSA) is 44.8 Å². The highest BCUT2D eigenvalue weighted by Crippen LogP contribution is 1.93. The molecule has 0 aliphatic rings. The maximum absolute atomic E-state index is 10.9. The zero-order chi connectivity index (χ0) is 8.69. The molecule has 0 aliphatic heterocycles. The monoisotopic (exact) mass is 160 g/mol. The summed E-state index contributed by atoms with van der Waals surface area (Å²) >= 11 is 0. The lowest BCUT2D eigenvalue weighted by molar-refractivity contribution is -0.151. The van der Waals surface area contributed by atoms with Gasteiger partial charge in [-0.1, -0.05) is 0 Å². The van der Waals surface area contributed by atoms with E-state index in [2.05, 4.69) is 14.2 Å². The summed E-state index contributed by atoms with van der Waals surface area (Å²) in [7, 11) is 4.25. The Morgan fingerprint density at radius 1 is 1.27 bits per heavy atom. The van der Waals surface area contributed by atoms with Crippen LogP contribution >= 0.6 is 0 Å². The lowest BCUT2D eigenvalue weighted by Gasteiger charge is -2.08. The molecule has 0 unspecified atom stereocenters. The average molecular weight is 160 g/mol. The van der Waals surface area contributed by atoms with Gasteiger partial charge in [-0.25, -0.2) is 0 Å². The molecule has 0 aliphatic carbocycles. The van der Waals surface area contributed by atoms with Crippen molar-refractivity contribution in [3.8, 4) is 0 Å². The van der Waals surface area contributed by atoms with Crippen LogP contribution in [0.1, 0.15) is 0 Å². The maximum Gasteiger partial charge on any atom is 0.221 e. The fourth-order valence-electron chi connectivity index (χ4n) is 0.542. The highest BCUT2D eigenvalue weighted by molar-refractivity contribution is 5.92. The molecule has 0 amide bonds. The molecule has 0 aromatic carbocycles. The molecular weight excluding hydrogens is 148 g/mol. The third-order valence-electron chi connectivity index (χ3n) is 1.03. The lowest BCUT2D eigenvalue weighted by Crippen LogP contribution is -2.22. The van der Waals surface area contributed by atoms with Crippen molar-refractivity contribution in [1.29, 1.82) is 0 Å². The van der Waals surface area contributed by atoms with Crippen LogP contribution in [0.15, 0.2) is 12.3 Å². The van der Waals surface area contributed by atoms with E-state index in [4.69, 9.17) is 0 Å². The second-order valence-electron chi connectivity index (χ2n) is 1.74. The molecule has 0 fully saturated rings. The Morgan fingerprint density at radius 3 is 2.18 bits per heavy atom. The molecule has 4 nitrogen and oxygen atoms in total. The Kier molecular flexibility index (Phi) is 5.42. The van der Waals surface area contributed by atoms with Crippen LogP contribution in [0.5, 0.6) is 0 Å². The molecule has 0 spiro atoms. The molecule has 64 valence electrons. The van der Waals surface area contributed by atoms with Crippen LogP contribution in [0, 0.1) is 0 Å². The van der Waals surface area contributed by atoms with E-state index >= 15 is 0 Å². The normalized spacial score (nSPS) is 10.9. The number of ether oxygens (including phenoxy) is 3. The number of rotatable bonds is 5. The molecule has 0 rings (SSSR count). The zero-order valence-electron chi connectivity index (χ0n) is 6.87. The SMILES string of the molecule is COC=CC(=O)C(OC)OC. The van der Waals surface area contributed by atoms with Gasteiger partial charge in [-0.15, -0.1) is 0 Å². The Morgan fingerprint density at radius 2 is 1.82 bits per heavy atom. The molecule has 0 radical (unpaired) electrons. The van der Waals surface area contributed by atoms with Gasteiger partial charge in [-0.05, 0) is 0 Å². The summed E-state index contributed by atoms with van der Waals surface area (Å²) in [6.45, 7) is 0. The maximum atomic E-state index is 10.9. The minimum absolute atomic E-state index is 0.281. The third kappa shape index (κ3) is 3.75. The van der Waals surface area contributed by atoms with Gasteiger partial charge in [0.15, 0.2) is 0 Å². The third-order valence-corrected chi connectivity index (χ3v) is 1.03. The number of hydrogen-bond donors (Lipinski definition) is 0. The molecule has 4 heteroatoms. The smallest absolute Gasteiger partial charge is 0.221 e. The molecule has 0 heterocycles. The number of hydrogen-bond acceptors (Lipinski definition) is 4. The van der Waals surface area contributed by atoms with E-state index in [1.807, 2.05) is 0 Å². The van der Waals surface area contributed by atoms with Crippen LogP contribution in [0.3, 0.4) is 0 Å². The van der Waals surface area contributed by atoms with Gasteiger partial charge >= 0.3 is 0 Å². The first kappa shape index (κ1) is 10.1. The highest BCUT2D eigenvalue weighted by atomic mass is 16.7. The minimum Gasteiger partial charge on any atom is -0.504 e. The standard InChI is InChI=1S/C7H12O4/c1-9-5-4-6(8)7(10-2)11-3/h4-5,7H,1-3H3. The van der Waals surface area contributed by atoms with Crippen LogP contribution in [0.2, 0.25) is 0 Å². The predicted octanol–water partition coefficient (Wildman–Crippen LogP) is 0.335. The molecule has 0 aromatic heterocycles. The number of carbonyl (C=O) groups is 1. The summed E-state index contributed by atoms with van der Waals surface area (Å²) in [4.78, 5) is 10.9. The second-order valence-corrected chi connectivity index (χ2v) is 1.74. The first-order chi connectivity index (χ1) is 5.26. The number of carbonyl (C=O) groups excluding carboxylic acids is 1. The van der Waals surface area contributed by atoms with E-state index in [1.165, 1.54) is 33.7 Å². The molecule has 0 aromatic rings. The van der Waals surface area contributed by atoms with Gasteiger partial charge in [-0.3, -0.25) is 4.79 Å². The van der Waals surface area contributed by atoms with Crippen molar-refractivity contribution < 1.29 is 19.0 Å². The van der Waals surface area contributed by atoms with Crippen molar-refractivity contribution >= 4 is 5.78 Å². The van der Waals surface area contributed by atoms with Gasteiger partial charge in [-0.2, -0.15) is 0 Å². The molecule has 11 heavy (non-hydrogen) atoms. The fraction of sp³-hybridized carbons (Fsp3) is 0.571. The quantitative estimate of drug-likeness (QED) is 0.330. The molecular formula is C7H12O4. The Balaban J connectivity index is 3.88. The largest absolute Gasteiger partial charge is 0.504 e. The van der Waals surface area contributed by atoms with Gasteiger partial charge in [0.1, 0.15) is 0 Å². The molecule has 0 saturated carbocycles. The van der Waals surface area contributed by atoms with Crippen LogP contribution in [0.4, 0.5) is 0 Å². The Hall–Kier alpha value is -0.870. The minimum atomic E-state index is -0.832. The van der Waals surface area contributed by atoms with Gasteiger partial charge in [0.05, 0.1) is 13.4 Å². The predicted molar refractivity (Wildman–Crippen MR) is 39.0 cm³/mol. The second kappa shape index (κ2) is 5.88. The van der Waals surface area contributed by atoms with E-state index < -0.39 is 6.29 Å². The van der Waals surface area contributed by atoms with Crippen molar-refractivity contribution in [1.82, 2.24) is 0 Å². The van der Waals surface area contributed by atoms with E-state index in [0.717, 1.165) is 0 Å². The van der Waals surface area contributed by atoms with Crippen molar-refractivity contribution in [2.75, 3.05) is 21.3 Å². The van der Waals surface area contributed by atoms with Gasteiger partial charge < -0.3 is 14.2 Å². The van der Waals surface area contributed by atoms with E-state index in [0.29, 0.717) is 0 Å². The first-order valence-corrected chi connectivity index (χ1v) is 3.05. The van der Waals surface area contributed by atoms with E-state index in [1.54, 1.807) is 0 Å². The molecule has 0 bridgehead atoms. The molecule has 0 atom stereocenters. The summed E-state index contributed by atoms with van der Waals surface area (Å²) in [5, 5.41) is 0. The summed E-state index contributed by atoms with van der Waals surface area (Å²) in [5.41, 5.74) is 0. The summed E-state index contributed by atoms with van der Waals surface area (Å²) in [6.07, 6.45) is 1.69.